The van der Waals surface area contributed by atoms with Crippen molar-refractivity contribution in [2.45, 2.75) is 33.4 Å². The largest absolute Gasteiger partial charge is 0.383 e. The summed E-state index contributed by atoms with van der Waals surface area (Å²) in [5, 5.41) is 4.49. The van der Waals surface area contributed by atoms with Crippen LogP contribution in [0.2, 0.25) is 0 Å². The Labute approximate surface area is 132 Å². The second-order valence-corrected chi connectivity index (χ2v) is 6.72. The molecule has 1 aromatic heterocycles. The quantitative estimate of drug-likeness (QED) is 0.679. The monoisotopic (exact) mass is 315 g/mol. The van der Waals surface area contributed by atoms with Gasteiger partial charge in [0.25, 0.3) is 0 Å². The van der Waals surface area contributed by atoms with E-state index in [1.54, 1.807) is 25.6 Å². The van der Waals surface area contributed by atoms with E-state index < -0.39 is 0 Å². The lowest BCUT2D eigenvalue weighted by Crippen LogP contribution is -2.38. The molecule has 0 aliphatic rings. The molecule has 0 saturated carbocycles. The molecule has 1 N–H and O–H groups in total. The lowest BCUT2D eigenvalue weighted by Gasteiger charge is -2.28. The third-order valence-corrected chi connectivity index (χ3v) is 4.15. The number of methoxy groups -OCH3 is 2. The summed E-state index contributed by atoms with van der Waals surface area (Å²) in [5.41, 5.74) is 0. The Morgan fingerprint density at radius 3 is 2.67 bits per heavy atom. The number of nitrogens with zero attached hydrogens (tertiary/aromatic N) is 2. The lowest BCUT2D eigenvalue weighted by molar-refractivity contribution is 0.171. The number of hydrogen-bond acceptors (Lipinski definition) is 6. The molecule has 21 heavy (non-hydrogen) atoms. The maximum atomic E-state index is 5.27. The number of nitrogens with one attached hydrogen (secondary N) is 1. The van der Waals surface area contributed by atoms with Crippen molar-refractivity contribution in [3.8, 4) is 0 Å². The summed E-state index contributed by atoms with van der Waals surface area (Å²) in [4.78, 5) is 8.08. The molecule has 0 radical (unpaired) electrons. The van der Waals surface area contributed by atoms with Gasteiger partial charge in [-0.15, -0.1) is 11.3 Å². The van der Waals surface area contributed by atoms with Gasteiger partial charge in [-0.3, -0.25) is 0 Å². The van der Waals surface area contributed by atoms with Gasteiger partial charge in [-0.25, -0.2) is 4.98 Å². The van der Waals surface area contributed by atoms with E-state index in [0.717, 1.165) is 24.8 Å². The zero-order chi connectivity index (χ0) is 15.7. The van der Waals surface area contributed by atoms with E-state index in [2.05, 4.69) is 36.0 Å². The van der Waals surface area contributed by atoms with Crippen LogP contribution in [0.4, 0.5) is 5.13 Å². The number of hydrogen-bond donors (Lipinski definition) is 1. The van der Waals surface area contributed by atoms with Gasteiger partial charge in [0.1, 0.15) is 0 Å². The Bertz CT molecular complexity index is 385. The highest BCUT2D eigenvalue weighted by atomic mass is 32.1. The predicted octanol–water partition coefficient (Wildman–Crippen LogP) is 2.38. The van der Waals surface area contributed by atoms with Gasteiger partial charge >= 0.3 is 0 Å². The van der Waals surface area contributed by atoms with Gasteiger partial charge in [-0.1, -0.05) is 13.8 Å². The topological polar surface area (TPSA) is 46.6 Å². The molecule has 0 aliphatic carbocycles. The zero-order valence-corrected chi connectivity index (χ0v) is 14.7. The Kier molecular flexibility index (Phi) is 8.84. The number of thiazole rings is 1. The molecule has 0 spiro atoms. The number of aromatic nitrogens is 1. The molecule has 0 aromatic carbocycles. The molecule has 1 rings (SSSR count). The summed E-state index contributed by atoms with van der Waals surface area (Å²) in [6.07, 6.45) is 1.96. The SMILES string of the molecule is COCCN(c1ncc(CNCC(C)C)s1)C(C)COC. The fraction of sp³-hybridized carbons (Fsp3) is 0.800. The van der Waals surface area contributed by atoms with Gasteiger partial charge in [0.15, 0.2) is 5.13 Å². The average Bonchev–Trinajstić information content (AvgIpc) is 2.88. The molecule has 1 aromatic rings. The van der Waals surface area contributed by atoms with Crippen molar-refractivity contribution in [3.05, 3.63) is 11.1 Å². The van der Waals surface area contributed by atoms with Crippen LogP contribution in [-0.4, -0.2) is 51.5 Å². The van der Waals surface area contributed by atoms with Crippen LogP contribution in [0.3, 0.4) is 0 Å². The Balaban J connectivity index is 2.62. The summed E-state index contributed by atoms with van der Waals surface area (Å²) in [5.74, 6) is 0.664. The van der Waals surface area contributed by atoms with Crippen LogP contribution in [0.25, 0.3) is 0 Å². The molecular weight excluding hydrogens is 286 g/mol. The van der Waals surface area contributed by atoms with E-state index in [9.17, 15) is 0 Å². The van der Waals surface area contributed by atoms with E-state index in [4.69, 9.17) is 9.47 Å². The molecule has 0 fully saturated rings. The number of anilines is 1. The molecule has 0 amide bonds. The van der Waals surface area contributed by atoms with Gasteiger partial charge < -0.3 is 19.7 Å². The molecule has 1 atom stereocenters. The minimum Gasteiger partial charge on any atom is -0.383 e. The normalized spacial score (nSPS) is 12.9. The van der Waals surface area contributed by atoms with Crippen LogP contribution in [0, 0.1) is 5.92 Å². The lowest BCUT2D eigenvalue weighted by atomic mass is 10.2. The van der Waals surface area contributed by atoms with Gasteiger partial charge in [0.05, 0.1) is 19.3 Å². The average molecular weight is 315 g/mol. The van der Waals surface area contributed by atoms with Crippen LogP contribution in [0.15, 0.2) is 6.20 Å². The van der Waals surface area contributed by atoms with Crippen molar-refractivity contribution in [2.75, 3.05) is 45.4 Å². The van der Waals surface area contributed by atoms with Crippen LogP contribution in [0.1, 0.15) is 25.6 Å². The third kappa shape index (κ3) is 6.74. The molecule has 0 aliphatic heterocycles. The van der Waals surface area contributed by atoms with Crippen molar-refractivity contribution in [1.29, 1.82) is 0 Å². The maximum absolute atomic E-state index is 5.27. The van der Waals surface area contributed by atoms with Crippen LogP contribution in [0.5, 0.6) is 0 Å². The van der Waals surface area contributed by atoms with Gasteiger partial charge in [-0.05, 0) is 19.4 Å². The van der Waals surface area contributed by atoms with Gasteiger partial charge in [0.2, 0.25) is 0 Å². The van der Waals surface area contributed by atoms with E-state index in [0.29, 0.717) is 19.1 Å². The minimum absolute atomic E-state index is 0.285. The Hall–Kier alpha value is -0.690. The molecule has 5 nitrogen and oxygen atoms in total. The van der Waals surface area contributed by atoms with E-state index in [-0.39, 0.29) is 6.04 Å². The molecule has 122 valence electrons. The smallest absolute Gasteiger partial charge is 0.185 e. The molecule has 0 saturated heterocycles. The highest BCUT2D eigenvalue weighted by Gasteiger charge is 2.17. The maximum Gasteiger partial charge on any atom is 0.185 e. The van der Waals surface area contributed by atoms with Crippen molar-refractivity contribution < 1.29 is 9.47 Å². The Morgan fingerprint density at radius 1 is 1.29 bits per heavy atom. The highest BCUT2D eigenvalue weighted by molar-refractivity contribution is 7.15. The van der Waals surface area contributed by atoms with Crippen LogP contribution in [-0.2, 0) is 16.0 Å². The number of rotatable bonds is 11. The molecule has 6 heteroatoms. The Morgan fingerprint density at radius 2 is 2.05 bits per heavy atom. The van der Waals surface area contributed by atoms with Crippen LogP contribution >= 0.6 is 11.3 Å². The molecule has 1 unspecified atom stereocenters. The first-order valence-electron chi connectivity index (χ1n) is 7.48. The first kappa shape index (κ1) is 18.4. The molecular formula is C15H29N3O2S. The van der Waals surface area contributed by atoms with E-state index in [1.165, 1.54) is 4.88 Å². The number of ether oxygens (including phenoxy) is 2. The minimum atomic E-state index is 0.285. The zero-order valence-electron chi connectivity index (χ0n) is 13.9. The fourth-order valence-corrected chi connectivity index (χ4v) is 3.03. The summed E-state index contributed by atoms with van der Waals surface area (Å²) in [7, 11) is 3.45. The summed E-state index contributed by atoms with van der Waals surface area (Å²) in [6, 6.07) is 0.285. The summed E-state index contributed by atoms with van der Waals surface area (Å²) >= 11 is 1.74. The second kappa shape index (κ2) is 10.1. The van der Waals surface area contributed by atoms with Crippen molar-refractivity contribution in [2.24, 2.45) is 5.92 Å². The fourth-order valence-electron chi connectivity index (χ4n) is 2.02. The van der Waals surface area contributed by atoms with E-state index in [1.807, 2.05) is 6.20 Å². The summed E-state index contributed by atoms with van der Waals surface area (Å²) < 4.78 is 10.5. The highest BCUT2D eigenvalue weighted by Crippen LogP contribution is 2.24. The second-order valence-electron chi connectivity index (χ2n) is 5.62. The third-order valence-electron chi connectivity index (χ3n) is 3.12. The first-order valence-corrected chi connectivity index (χ1v) is 8.30. The predicted molar refractivity (Wildman–Crippen MR) is 89.2 cm³/mol. The first-order chi connectivity index (χ1) is 10.1. The standard InChI is InChI=1S/C15H29N3O2S/c1-12(2)8-16-9-14-10-17-15(21-14)18(6-7-19-4)13(3)11-20-5/h10,12-13,16H,6-9,11H2,1-5H3. The van der Waals surface area contributed by atoms with Gasteiger partial charge in [0, 0.05) is 38.4 Å². The van der Waals surface area contributed by atoms with Crippen molar-refractivity contribution >= 4 is 16.5 Å². The van der Waals surface area contributed by atoms with E-state index >= 15 is 0 Å². The summed E-state index contributed by atoms with van der Waals surface area (Å²) in [6.45, 7) is 10.7. The van der Waals surface area contributed by atoms with Crippen LogP contribution < -0.4 is 10.2 Å². The van der Waals surface area contributed by atoms with Gasteiger partial charge in [-0.2, -0.15) is 0 Å². The molecule has 0 bridgehead atoms. The molecule has 1 heterocycles. The van der Waals surface area contributed by atoms with Crippen molar-refractivity contribution in [1.82, 2.24) is 10.3 Å². The van der Waals surface area contributed by atoms with Crippen molar-refractivity contribution in [3.63, 3.8) is 0 Å².